The molecule has 2 nitrogen and oxygen atoms in total. The SMILES string of the molecule is CCCN(CC1CSc2ccccc21)C1CCNCC1. The minimum atomic E-state index is 0.734. The number of hydrogen-bond donors (Lipinski definition) is 1. The van der Waals surface area contributed by atoms with E-state index in [0.29, 0.717) is 0 Å². The Labute approximate surface area is 127 Å². The molecule has 0 aromatic heterocycles. The zero-order valence-electron chi connectivity index (χ0n) is 12.5. The van der Waals surface area contributed by atoms with Crippen molar-refractivity contribution in [2.75, 3.05) is 31.9 Å². The Morgan fingerprint density at radius 2 is 2.05 bits per heavy atom. The molecule has 1 aromatic carbocycles. The predicted molar refractivity (Wildman–Crippen MR) is 87.7 cm³/mol. The summed E-state index contributed by atoms with van der Waals surface area (Å²) in [5.41, 5.74) is 1.59. The van der Waals surface area contributed by atoms with Gasteiger partial charge >= 0.3 is 0 Å². The van der Waals surface area contributed by atoms with Crippen LogP contribution in [0.1, 0.15) is 37.7 Å². The second kappa shape index (κ2) is 6.97. The molecular formula is C17H26N2S. The number of rotatable bonds is 5. The van der Waals surface area contributed by atoms with Gasteiger partial charge < -0.3 is 5.32 Å². The second-order valence-electron chi connectivity index (χ2n) is 6.02. The molecule has 1 fully saturated rings. The summed E-state index contributed by atoms with van der Waals surface area (Å²) in [5, 5.41) is 3.49. The van der Waals surface area contributed by atoms with Crippen molar-refractivity contribution in [2.45, 2.75) is 43.0 Å². The van der Waals surface area contributed by atoms with Crippen LogP contribution in [0.3, 0.4) is 0 Å². The van der Waals surface area contributed by atoms with Gasteiger partial charge in [0.05, 0.1) is 0 Å². The lowest BCUT2D eigenvalue weighted by Gasteiger charge is -2.36. The maximum absolute atomic E-state index is 3.49. The Morgan fingerprint density at radius 1 is 1.25 bits per heavy atom. The third kappa shape index (κ3) is 3.21. The molecule has 2 heterocycles. The molecule has 1 N–H and O–H groups in total. The second-order valence-corrected chi connectivity index (χ2v) is 7.08. The third-order valence-corrected chi connectivity index (χ3v) is 5.84. The van der Waals surface area contributed by atoms with Crippen molar-refractivity contribution in [1.82, 2.24) is 10.2 Å². The highest BCUT2D eigenvalue weighted by atomic mass is 32.2. The van der Waals surface area contributed by atoms with E-state index >= 15 is 0 Å². The lowest BCUT2D eigenvalue weighted by Crippen LogP contribution is -2.45. The zero-order chi connectivity index (χ0) is 13.8. The maximum Gasteiger partial charge on any atom is 0.0120 e. The maximum atomic E-state index is 3.49. The standard InChI is InChI=1S/C17H26N2S/c1-2-11-19(15-7-9-18-10-8-15)12-14-13-20-17-6-4-3-5-16(14)17/h3-6,14-15,18H,2,7-13H2,1H3. The molecule has 0 amide bonds. The van der Waals surface area contributed by atoms with Crippen molar-refractivity contribution in [3.8, 4) is 0 Å². The van der Waals surface area contributed by atoms with Crippen LogP contribution in [-0.4, -0.2) is 42.9 Å². The van der Waals surface area contributed by atoms with Crippen LogP contribution in [0.25, 0.3) is 0 Å². The number of nitrogens with one attached hydrogen (secondary N) is 1. The van der Waals surface area contributed by atoms with E-state index in [1.807, 2.05) is 11.8 Å². The minimum absolute atomic E-state index is 0.734. The van der Waals surface area contributed by atoms with Crippen LogP contribution in [0.2, 0.25) is 0 Å². The van der Waals surface area contributed by atoms with E-state index in [0.717, 1.165) is 12.0 Å². The van der Waals surface area contributed by atoms with E-state index in [9.17, 15) is 0 Å². The van der Waals surface area contributed by atoms with Gasteiger partial charge in [-0.3, -0.25) is 4.90 Å². The Balaban J connectivity index is 1.67. The van der Waals surface area contributed by atoms with Gasteiger partial charge in [-0.2, -0.15) is 0 Å². The lowest BCUT2D eigenvalue weighted by atomic mass is 9.97. The Bertz CT molecular complexity index is 429. The first kappa shape index (κ1) is 14.4. The monoisotopic (exact) mass is 290 g/mol. The zero-order valence-corrected chi connectivity index (χ0v) is 13.3. The normalized spacial score (nSPS) is 23.2. The highest BCUT2D eigenvalue weighted by Crippen LogP contribution is 2.40. The molecule has 1 unspecified atom stereocenters. The molecule has 1 aromatic rings. The van der Waals surface area contributed by atoms with Crippen molar-refractivity contribution >= 4 is 11.8 Å². The number of hydrogen-bond acceptors (Lipinski definition) is 3. The Hall–Kier alpha value is -0.510. The molecule has 1 saturated heterocycles. The first-order chi connectivity index (χ1) is 9.88. The van der Waals surface area contributed by atoms with Gasteiger partial charge in [-0.1, -0.05) is 25.1 Å². The summed E-state index contributed by atoms with van der Waals surface area (Å²) in [6.07, 6.45) is 3.91. The van der Waals surface area contributed by atoms with E-state index in [4.69, 9.17) is 0 Å². The fourth-order valence-corrected chi connectivity index (χ4v) is 4.79. The number of thioether (sulfide) groups is 1. The van der Waals surface area contributed by atoms with E-state index < -0.39 is 0 Å². The Morgan fingerprint density at radius 3 is 2.85 bits per heavy atom. The molecule has 0 bridgehead atoms. The van der Waals surface area contributed by atoms with Crippen LogP contribution in [0, 0.1) is 0 Å². The van der Waals surface area contributed by atoms with Crippen LogP contribution >= 0.6 is 11.8 Å². The van der Waals surface area contributed by atoms with Crippen molar-refractivity contribution in [3.05, 3.63) is 29.8 Å². The van der Waals surface area contributed by atoms with E-state index in [1.165, 1.54) is 56.1 Å². The first-order valence-corrected chi connectivity index (χ1v) is 9.03. The van der Waals surface area contributed by atoms with Crippen molar-refractivity contribution in [1.29, 1.82) is 0 Å². The van der Waals surface area contributed by atoms with Gasteiger partial charge in [-0.15, -0.1) is 11.8 Å². The highest BCUT2D eigenvalue weighted by molar-refractivity contribution is 7.99. The smallest absolute Gasteiger partial charge is 0.0120 e. The molecule has 3 heteroatoms. The van der Waals surface area contributed by atoms with Gasteiger partial charge in [0, 0.05) is 29.2 Å². The molecule has 2 aliphatic rings. The van der Waals surface area contributed by atoms with Crippen molar-refractivity contribution in [2.24, 2.45) is 0 Å². The van der Waals surface area contributed by atoms with Gasteiger partial charge in [0.25, 0.3) is 0 Å². The summed E-state index contributed by atoms with van der Waals surface area (Å²) < 4.78 is 0. The molecule has 1 atom stereocenters. The third-order valence-electron chi connectivity index (χ3n) is 4.59. The fraction of sp³-hybridized carbons (Fsp3) is 0.647. The quantitative estimate of drug-likeness (QED) is 0.895. The summed E-state index contributed by atoms with van der Waals surface area (Å²) >= 11 is 2.04. The van der Waals surface area contributed by atoms with Gasteiger partial charge in [-0.25, -0.2) is 0 Å². The molecule has 0 aliphatic carbocycles. The van der Waals surface area contributed by atoms with Crippen LogP contribution in [0.15, 0.2) is 29.2 Å². The Kier molecular flexibility index (Phi) is 5.03. The molecule has 0 radical (unpaired) electrons. The molecule has 3 rings (SSSR count). The van der Waals surface area contributed by atoms with Gasteiger partial charge in [0.2, 0.25) is 0 Å². The van der Waals surface area contributed by atoms with E-state index in [2.05, 4.69) is 41.4 Å². The fourth-order valence-electron chi connectivity index (χ4n) is 3.55. The van der Waals surface area contributed by atoms with Gasteiger partial charge in [0.15, 0.2) is 0 Å². The van der Waals surface area contributed by atoms with E-state index in [1.54, 1.807) is 5.56 Å². The molecule has 2 aliphatic heterocycles. The highest BCUT2D eigenvalue weighted by Gasteiger charge is 2.28. The number of benzene rings is 1. The summed E-state index contributed by atoms with van der Waals surface area (Å²) in [5.74, 6) is 2.00. The number of piperidine rings is 1. The summed E-state index contributed by atoms with van der Waals surface area (Å²) in [7, 11) is 0. The average Bonchev–Trinajstić information content (AvgIpc) is 2.91. The number of nitrogens with zero attached hydrogens (tertiary/aromatic N) is 1. The van der Waals surface area contributed by atoms with Crippen LogP contribution in [-0.2, 0) is 0 Å². The topological polar surface area (TPSA) is 15.3 Å². The summed E-state index contributed by atoms with van der Waals surface area (Å²) in [4.78, 5) is 4.29. The largest absolute Gasteiger partial charge is 0.317 e. The van der Waals surface area contributed by atoms with E-state index in [-0.39, 0.29) is 0 Å². The molecule has 110 valence electrons. The first-order valence-electron chi connectivity index (χ1n) is 8.05. The van der Waals surface area contributed by atoms with Crippen molar-refractivity contribution < 1.29 is 0 Å². The van der Waals surface area contributed by atoms with Crippen LogP contribution in [0.4, 0.5) is 0 Å². The summed E-state index contributed by atoms with van der Waals surface area (Å²) in [6.45, 7) is 7.21. The molecular weight excluding hydrogens is 264 g/mol. The molecule has 20 heavy (non-hydrogen) atoms. The minimum Gasteiger partial charge on any atom is -0.317 e. The summed E-state index contributed by atoms with van der Waals surface area (Å²) in [6, 6.07) is 9.80. The van der Waals surface area contributed by atoms with Crippen molar-refractivity contribution in [3.63, 3.8) is 0 Å². The average molecular weight is 290 g/mol. The lowest BCUT2D eigenvalue weighted by molar-refractivity contribution is 0.155. The van der Waals surface area contributed by atoms with Gasteiger partial charge in [-0.05, 0) is 50.5 Å². The van der Waals surface area contributed by atoms with Crippen LogP contribution < -0.4 is 5.32 Å². The van der Waals surface area contributed by atoms with Gasteiger partial charge in [0.1, 0.15) is 0 Å². The van der Waals surface area contributed by atoms with Crippen LogP contribution in [0.5, 0.6) is 0 Å². The molecule has 0 saturated carbocycles. The number of fused-ring (bicyclic) bond motifs is 1. The molecule has 0 spiro atoms. The predicted octanol–water partition coefficient (Wildman–Crippen LogP) is 3.34.